The summed E-state index contributed by atoms with van der Waals surface area (Å²) in [5, 5.41) is 0.754. The van der Waals surface area contributed by atoms with Crippen LogP contribution in [0.25, 0.3) is 11.0 Å². The second-order valence-electron chi connectivity index (χ2n) is 10.1. The molecule has 1 unspecified atom stereocenters. The average Bonchev–Trinajstić information content (AvgIpc) is 3.59. The van der Waals surface area contributed by atoms with E-state index in [1.54, 1.807) is 74.5 Å². The number of halogens is 1. The Morgan fingerprint density at radius 1 is 1.02 bits per heavy atom. The molecule has 1 atom stereocenters. The zero-order valence-electron chi connectivity index (χ0n) is 22.9. The molecule has 214 valence electrons. The van der Waals surface area contributed by atoms with E-state index in [1.165, 1.54) is 9.80 Å². The Bertz CT molecular complexity index is 2070. The molecule has 0 N–H and O–H groups in total. The molecule has 2 aliphatic rings. The van der Waals surface area contributed by atoms with Gasteiger partial charge in [-0.2, -0.15) is 0 Å². The van der Waals surface area contributed by atoms with Gasteiger partial charge in [-0.3, -0.25) is 19.3 Å². The largest absolute Gasteiger partial charge is 0.462 e. The number of carbonyl (C=O) groups is 3. The average molecular weight is 612 g/mol. The Balaban J connectivity index is 1.54. The summed E-state index contributed by atoms with van der Waals surface area (Å²) in [6.07, 6.45) is 0. The Labute approximate surface area is 253 Å². The Morgan fingerprint density at radius 2 is 1.74 bits per heavy atom. The highest BCUT2D eigenvalue weighted by Crippen LogP contribution is 2.55. The van der Waals surface area contributed by atoms with Crippen LogP contribution < -0.4 is 15.2 Å². The highest BCUT2D eigenvalue weighted by atomic mass is 35.5. The van der Waals surface area contributed by atoms with Gasteiger partial charge in [0.05, 0.1) is 35.5 Å². The quantitative estimate of drug-likeness (QED) is 0.230. The first kappa shape index (κ1) is 27.1. The van der Waals surface area contributed by atoms with Crippen molar-refractivity contribution in [1.29, 1.82) is 0 Å². The predicted octanol–water partition coefficient (Wildman–Crippen LogP) is 5.84. The van der Waals surface area contributed by atoms with Gasteiger partial charge < -0.3 is 14.1 Å². The second-order valence-corrected chi connectivity index (χ2v) is 11.5. The summed E-state index contributed by atoms with van der Waals surface area (Å²) in [5.41, 5.74) is -0.419. The Morgan fingerprint density at radius 3 is 2.53 bits per heavy atom. The van der Waals surface area contributed by atoms with E-state index >= 15 is 4.79 Å². The third-order valence-electron chi connectivity index (χ3n) is 7.76. The summed E-state index contributed by atoms with van der Waals surface area (Å²) >= 11 is 7.42. The molecule has 7 rings (SSSR count). The molecule has 0 saturated carbocycles. The summed E-state index contributed by atoms with van der Waals surface area (Å²) < 4.78 is 11.3. The molecule has 0 aliphatic carbocycles. The van der Waals surface area contributed by atoms with Crippen LogP contribution in [0, 0.1) is 6.92 Å². The lowest BCUT2D eigenvalue weighted by molar-refractivity contribution is -0.121. The number of nitrogens with zero attached hydrogens (tertiary/aromatic N) is 3. The summed E-state index contributed by atoms with van der Waals surface area (Å²) in [4.78, 5) is 64.0. The molecule has 0 bridgehead atoms. The molecule has 3 aromatic carbocycles. The van der Waals surface area contributed by atoms with Crippen LogP contribution >= 0.6 is 22.9 Å². The number of thiazole rings is 1. The van der Waals surface area contributed by atoms with Crippen LogP contribution in [0.2, 0.25) is 5.02 Å². The second kappa shape index (κ2) is 9.89. The van der Waals surface area contributed by atoms with E-state index in [0.29, 0.717) is 27.5 Å². The van der Waals surface area contributed by atoms with E-state index in [-0.39, 0.29) is 45.5 Å². The lowest BCUT2D eigenvalue weighted by atomic mass is 9.84. The summed E-state index contributed by atoms with van der Waals surface area (Å²) in [5.74, 6) is -2.11. The van der Waals surface area contributed by atoms with E-state index in [2.05, 4.69) is 4.98 Å². The number of hydrogen-bond donors (Lipinski definition) is 0. The molecule has 5 aromatic rings. The zero-order chi connectivity index (χ0) is 30.0. The third-order valence-corrected chi connectivity index (χ3v) is 9.25. The lowest BCUT2D eigenvalue weighted by Gasteiger charge is -2.32. The van der Waals surface area contributed by atoms with Crippen molar-refractivity contribution in [3.8, 4) is 0 Å². The fourth-order valence-electron chi connectivity index (χ4n) is 5.93. The zero-order valence-corrected chi connectivity index (χ0v) is 24.5. The number of benzene rings is 3. The topological polar surface area (TPSA) is 110 Å². The van der Waals surface area contributed by atoms with E-state index in [9.17, 15) is 14.4 Å². The number of esters is 1. The highest BCUT2D eigenvalue weighted by Gasteiger charge is 2.66. The SMILES string of the molecule is CCOC(=O)c1sc(N2C(=O)c3oc4ccccc4c(=O)c3C23C(=O)N(Cc2ccccc2Cl)c2ccccc23)nc1C. The highest BCUT2D eigenvalue weighted by molar-refractivity contribution is 7.17. The summed E-state index contributed by atoms with van der Waals surface area (Å²) in [7, 11) is 0. The molecular weight excluding hydrogens is 590 g/mol. The molecule has 43 heavy (non-hydrogen) atoms. The van der Waals surface area contributed by atoms with E-state index in [4.69, 9.17) is 20.8 Å². The number of para-hydroxylation sites is 2. The van der Waals surface area contributed by atoms with E-state index in [1.807, 2.05) is 12.1 Å². The van der Waals surface area contributed by atoms with Gasteiger partial charge in [0, 0.05) is 10.6 Å². The van der Waals surface area contributed by atoms with Crippen LogP contribution in [0.15, 0.2) is 82.0 Å². The molecule has 4 heterocycles. The Hall–Kier alpha value is -4.80. The van der Waals surface area contributed by atoms with Crippen LogP contribution in [0.3, 0.4) is 0 Å². The van der Waals surface area contributed by atoms with E-state index < -0.39 is 28.8 Å². The third kappa shape index (κ3) is 3.73. The van der Waals surface area contributed by atoms with Gasteiger partial charge in [0.1, 0.15) is 10.5 Å². The Kier molecular flexibility index (Phi) is 6.22. The van der Waals surface area contributed by atoms with Crippen molar-refractivity contribution in [1.82, 2.24) is 4.98 Å². The number of anilines is 2. The number of fused-ring (bicyclic) bond motifs is 5. The maximum Gasteiger partial charge on any atom is 0.350 e. The molecule has 0 radical (unpaired) electrons. The van der Waals surface area contributed by atoms with Crippen LogP contribution in [0.4, 0.5) is 10.8 Å². The van der Waals surface area contributed by atoms with Crippen molar-refractivity contribution in [3.05, 3.63) is 121 Å². The van der Waals surface area contributed by atoms with Crippen LogP contribution in [0.5, 0.6) is 0 Å². The minimum absolute atomic E-state index is 0.0585. The first-order valence-electron chi connectivity index (χ1n) is 13.5. The molecular formula is C32H22ClN3O6S. The number of hydrogen-bond acceptors (Lipinski definition) is 8. The van der Waals surface area contributed by atoms with Crippen LogP contribution in [0.1, 0.15) is 49.5 Å². The van der Waals surface area contributed by atoms with Crippen molar-refractivity contribution >= 4 is 62.5 Å². The fourth-order valence-corrected chi connectivity index (χ4v) is 7.13. The number of carbonyl (C=O) groups excluding carboxylic acids is 3. The molecule has 2 amide bonds. The van der Waals surface area contributed by atoms with Gasteiger partial charge in [-0.05, 0) is 43.7 Å². The maximum absolute atomic E-state index is 15.0. The molecule has 1 spiro atoms. The fraction of sp³-hybridized carbons (Fsp3) is 0.156. The number of aryl methyl sites for hydroxylation is 1. The molecule has 0 fully saturated rings. The first-order chi connectivity index (χ1) is 20.8. The van der Waals surface area contributed by atoms with Crippen molar-refractivity contribution < 1.29 is 23.5 Å². The first-order valence-corrected chi connectivity index (χ1v) is 14.7. The van der Waals surface area contributed by atoms with Gasteiger partial charge >= 0.3 is 5.97 Å². The van der Waals surface area contributed by atoms with Crippen molar-refractivity contribution in [2.24, 2.45) is 0 Å². The van der Waals surface area contributed by atoms with Crippen molar-refractivity contribution in [2.75, 3.05) is 16.4 Å². The monoisotopic (exact) mass is 611 g/mol. The van der Waals surface area contributed by atoms with Crippen molar-refractivity contribution in [2.45, 2.75) is 25.9 Å². The normalized spacial score (nSPS) is 17.2. The van der Waals surface area contributed by atoms with Crippen LogP contribution in [-0.4, -0.2) is 29.4 Å². The molecule has 9 nitrogen and oxygen atoms in total. The minimum Gasteiger partial charge on any atom is -0.462 e. The maximum atomic E-state index is 15.0. The van der Waals surface area contributed by atoms with Crippen molar-refractivity contribution in [3.63, 3.8) is 0 Å². The van der Waals surface area contributed by atoms with Gasteiger partial charge in [0.2, 0.25) is 5.76 Å². The number of ether oxygens (including phenoxy) is 1. The van der Waals surface area contributed by atoms with Gasteiger partial charge in [-0.25, -0.2) is 9.78 Å². The van der Waals surface area contributed by atoms with E-state index in [0.717, 1.165) is 11.3 Å². The molecule has 0 saturated heterocycles. The number of aromatic nitrogens is 1. The standard InChI is InChI=1S/C32H22ClN3O6S/c1-3-41-29(39)27-17(2)34-31(43-27)36-28(38)26-24(25(37)19-11-5-9-15-23(19)42-26)32(36)20-12-6-8-14-22(20)35(30(32)40)16-18-10-4-7-13-21(18)33/h4-15H,3,16H2,1-2H3. The van der Waals surface area contributed by atoms with Gasteiger partial charge in [0.15, 0.2) is 16.1 Å². The number of amides is 2. The van der Waals surface area contributed by atoms with Crippen LogP contribution in [-0.2, 0) is 21.6 Å². The summed E-state index contributed by atoms with van der Waals surface area (Å²) in [6.45, 7) is 3.54. The molecule has 2 aromatic heterocycles. The summed E-state index contributed by atoms with van der Waals surface area (Å²) in [6, 6.07) is 20.7. The lowest BCUT2D eigenvalue weighted by Crippen LogP contribution is -2.53. The van der Waals surface area contributed by atoms with Gasteiger partial charge in [-0.1, -0.05) is 71.5 Å². The number of rotatable bonds is 5. The smallest absolute Gasteiger partial charge is 0.350 e. The van der Waals surface area contributed by atoms with Gasteiger partial charge in [0.25, 0.3) is 11.8 Å². The molecule has 11 heteroatoms. The molecule has 2 aliphatic heterocycles. The minimum atomic E-state index is -1.95. The predicted molar refractivity (Wildman–Crippen MR) is 162 cm³/mol. The van der Waals surface area contributed by atoms with Gasteiger partial charge in [-0.15, -0.1) is 0 Å².